The number of fused-ring (bicyclic) bond motifs is 1. The minimum absolute atomic E-state index is 0.130. The van der Waals surface area contributed by atoms with Crippen LogP contribution in [0.15, 0.2) is 60.8 Å². The normalized spacial score (nSPS) is 10.9. The van der Waals surface area contributed by atoms with E-state index in [4.69, 9.17) is 4.74 Å². The van der Waals surface area contributed by atoms with Gasteiger partial charge in [0.2, 0.25) is 5.91 Å². The van der Waals surface area contributed by atoms with Crippen molar-refractivity contribution >= 4 is 34.3 Å². The fraction of sp³-hybridized carbons (Fsp3) is 0.143. The molecule has 7 nitrogen and oxygen atoms in total. The predicted molar refractivity (Wildman–Crippen MR) is 108 cm³/mol. The molecule has 1 N–H and O–H groups in total. The van der Waals surface area contributed by atoms with Crippen LogP contribution in [0.5, 0.6) is 5.75 Å². The highest BCUT2D eigenvalue weighted by Gasteiger charge is 2.15. The Morgan fingerprint density at radius 1 is 1.25 bits per heavy atom. The van der Waals surface area contributed by atoms with Crippen molar-refractivity contribution in [2.45, 2.75) is 13.3 Å². The highest BCUT2D eigenvalue weighted by molar-refractivity contribution is 6.06. The lowest BCUT2D eigenvalue weighted by molar-refractivity contribution is -0.385. The minimum atomic E-state index is -0.496. The molecule has 0 atom stereocenters. The SMILES string of the molecule is CCCOc1ccc(/C=C/C(=O)Nc2cccc3cccnc23)cc1[N+](=O)[O-]. The fourth-order valence-electron chi connectivity index (χ4n) is 2.67. The Kier molecular flexibility index (Phi) is 5.96. The number of ether oxygens (including phenoxy) is 1. The first-order valence-corrected chi connectivity index (χ1v) is 8.82. The summed E-state index contributed by atoms with van der Waals surface area (Å²) in [6.45, 7) is 2.32. The summed E-state index contributed by atoms with van der Waals surface area (Å²) in [6.07, 6.45) is 5.26. The van der Waals surface area contributed by atoms with Gasteiger partial charge in [-0.25, -0.2) is 0 Å². The molecule has 0 fully saturated rings. The topological polar surface area (TPSA) is 94.4 Å². The molecule has 3 aromatic rings. The van der Waals surface area contributed by atoms with Crippen LogP contribution in [0.25, 0.3) is 17.0 Å². The molecule has 0 aliphatic carbocycles. The number of nitrogens with one attached hydrogen (secondary N) is 1. The number of carbonyl (C=O) groups excluding carboxylic acids is 1. The third-order valence-corrected chi connectivity index (χ3v) is 3.96. The first-order chi connectivity index (χ1) is 13.6. The van der Waals surface area contributed by atoms with Gasteiger partial charge in [0, 0.05) is 23.7 Å². The third-order valence-electron chi connectivity index (χ3n) is 3.96. The van der Waals surface area contributed by atoms with E-state index < -0.39 is 4.92 Å². The molecule has 0 saturated heterocycles. The molecule has 0 spiro atoms. The van der Waals surface area contributed by atoms with Crippen LogP contribution >= 0.6 is 0 Å². The summed E-state index contributed by atoms with van der Waals surface area (Å²) in [5.41, 5.74) is 1.69. The predicted octanol–water partition coefficient (Wildman–Crippen LogP) is 4.58. The van der Waals surface area contributed by atoms with Crippen LogP contribution in [0.2, 0.25) is 0 Å². The van der Waals surface area contributed by atoms with Crippen molar-refractivity contribution in [2.75, 3.05) is 11.9 Å². The van der Waals surface area contributed by atoms with Gasteiger partial charge in [-0.2, -0.15) is 0 Å². The van der Waals surface area contributed by atoms with Crippen molar-refractivity contribution in [1.82, 2.24) is 4.98 Å². The highest BCUT2D eigenvalue weighted by Crippen LogP contribution is 2.28. The molecule has 3 rings (SSSR count). The molecular formula is C21H19N3O4. The lowest BCUT2D eigenvalue weighted by atomic mass is 10.1. The van der Waals surface area contributed by atoms with Crippen molar-refractivity contribution in [3.63, 3.8) is 0 Å². The number of pyridine rings is 1. The number of nitro groups is 1. The zero-order chi connectivity index (χ0) is 19.9. The maximum atomic E-state index is 12.3. The number of anilines is 1. The molecule has 0 unspecified atom stereocenters. The van der Waals surface area contributed by atoms with Crippen LogP contribution in [0.3, 0.4) is 0 Å². The summed E-state index contributed by atoms with van der Waals surface area (Å²) in [7, 11) is 0. The minimum Gasteiger partial charge on any atom is -0.487 e. The molecule has 0 saturated carbocycles. The lowest BCUT2D eigenvalue weighted by Gasteiger charge is -2.06. The number of hydrogen-bond acceptors (Lipinski definition) is 5. The number of rotatable bonds is 7. The third kappa shape index (κ3) is 4.50. The van der Waals surface area contributed by atoms with Crippen LogP contribution < -0.4 is 10.1 Å². The number of hydrogen-bond donors (Lipinski definition) is 1. The first-order valence-electron chi connectivity index (χ1n) is 8.82. The summed E-state index contributed by atoms with van der Waals surface area (Å²) in [5, 5.41) is 15.0. The fourth-order valence-corrected chi connectivity index (χ4v) is 2.67. The van der Waals surface area contributed by atoms with E-state index in [0.717, 1.165) is 11.8 Å². The van der Waals surface area contributed by atoms with Crippen molar-refractivity contribution in [3.8, 4) is 5.75 Å². The van der Waals surface area contributed by atoms with Crippen molar-refractivity contribution in [3.05, 3.63) is 76.5 Å². The molecule has 0 aliphatic heterocycles. The number of para-hydroxylation sites is 1. The first kappa shape index (κ1) is 19.0. The molecule has 0 aliphatic rings. The van der Waals surface area contributed by atoms with Crippen molar-refractivity contribution in [1.29, 1.82) is 0 Å². The Hall–Kier alpha value is -3.74. The van der Waals surface area contributed by atoms with E-state index in [-0.39, 0.29) is 17.3 Å². The summed E-state index contributed by atoms with van der Waals surface area (Å²) in [4.78, 5) is 27.3. The molecule has 28 heavy (non-hydrogen) atoms. The van der Waals surface area contributed by atoms with Crippen LogP contribution in [0, 0.1) is 10.1 Å². The van der Waals surface area contributed by atoms with Crippen LogP contribution in [0.4, 0.5) is 11.4 Å². The zero-order valence-corrected chi connectivity index (χ0v) is 15.3. The number of nitrogens with zero attached hydrogens (tertiary/aromatic N) is 2. The van der Waals surface area contributed by atoms with Crippen LogP contribution in [-0.2, 0) is 4.79 Å². The molecule has 142 valence electrons. The average Bonchev–Trinajstić information content (AvgIpc) is 2.71. The Bertz CT molecular complexity index is 1040. The second kappa shape index (κ2) is 8.77. The maximum Gasteiger partial charge on any atom is 0.311 e. The number of nitro benzene ring substituents is 1. The monoisotopic (exact) mass is 377 g/mol. The van der Waals surface area contributed by atoms with E-state index in [9.17, 15) is 14.9 Å². The van der Waals surface area contributed by atoms with Crippen molar-refractivity contribution < 1.29 is 14.5 Å². The Labute approximate surface area is 161 Å². The average molecular weight is 377 g/mol. The summed E-state index contributed by atoms with van der Waals surface area (Å²) >= 11 is 0. The van der Waals surface area contributed by atoms with Crippen molar-refractivity contribution in [2.24, 2.45) is 0 Å². The Balaban J connectivity index is 1.76. The molecule has 7 heteroatoms. The molecule has 1 amide bonds. The molecule has 2 aromatic carbocycles. The summed E-state index contributed by atoms with van der Waals surface area (Å²) in [5.74, 6) is -0.137. The molecule has 1 aromatic heterocycles. The van der Waals surface area contributed by atoms with E-state index in [0.29, 0.717) is 23.4 Å². The number of amides is 1. The van der Waals surface area contributed by atoms with E-state index >= 15 is 0 Å². The van der Waals surface area contributed by atoms with E-state index in [1.807, 2.05) is 31.2 Å². The largest absolute Gasteiger partial charge is 0.487 e. The highest BCUT2D eigenvalue weighted by atomic mass is 16.6. The van der Waals surface area contributed by atoms with E-state index in [1.165, 1.54) is 18.2 Å². The molecule has 0 radical (unpaired) electrons. The number of aromatic nitrogens is 1. The van der Waals surface area contributed by atoms with Gasteiger partial charge in [0.1, 0.15) is 0 Å². The van der Waals surface area contributed by atoms with Gasteiger partial charge >= 0.3 is 5.69 Å². The van der Waals surface area contributed by atoms with E-state index in [2.05, 4.69) is 10.3 Å². The van der Waals surface area contributed by atoms with Gasteiger partial charge in [0.15, 0.2) is 5.75 Å². The lowest BCUT2D eigenvalue weighted by Crippen LogP contribution is -2.08. The van der Waals surface area contributed by atoms with Gasteiger partial charge in [-0.15, -0.1) is 0 Å². The number of carbonyl (C=O) groups is 1. The number of benzene rings is 2. The van der Waals surface area contributed by atoms with Gasteiger partial charge < -0.3 is 10.1 Å². The second-order valence-electron chi connectivity index (χ2n) is 6.04. The molecule has 0 bridgehead atoms. The van der Waals surface area contributed by atoms with Gasteiger partial charge in [-0.1, -0.05) is 31.2 Å². The summed E-state index contributed by atoms with van der Waals surface area (Å²) < 4.78 is 5.40. The Morgan fingerprint density at radius 2 is 2.07 bits per heavy atom. The van der Waals surface area contributed by atoms with Gasteiger partial charge in [-0.3, -0.25) is 19.9 Å². The van der Waals surface area contributed by atoms with Gasteiger partial charge in [-0.05, 0) is 36.3 Å². The van der Waals surface area contributed by atoms with E-state index in [1.54, 1.807) is 24.4 Å². The van der Waals surface area contributed by atoms with Gasteiger partial charge in [0.25, 0.3) is 0 Å². The summed E-state index contributed by atoms with van der Waals surface area (Å²) in [6, 6.07) is 13.8. The quantitative estimate of drug-likeness (QED) is 0.369. The maximum absolute atomic E-state index is 12.3. The van der Waals surface area contributed by atoms with Crippen LogP contribution in [-0.4, -0.2) is 22.4 Å². The van der Waals surface area contributed by atoms with Gasteiger partial charge in [0.05, 0.1) is 22.7 Å². The molecule has 1 heterocycles. The smallest absolute Gasteiger partial charge is 0.311 e. The second-order valence-corrected chi connectivity index (χ2v) is 6.04. The standard InChI is InChI=1S/C21H19N3O4/c1-2-13-28-19-10-8-15(14-18(19)24(26)27)9-11-20(25)23-17-7-3-5-16-6-4-12-22-21(16)17/h3-12,14H,2,13H2,1H3,(H,23,25)/b11-9+. The molecular weight excluding hydrogens is 358 g/mol. The Morgan fingerprint density at radius 3 is 2.86 bits per heavy atom. The van der Waals surface area contributed by atoms with Crippen LogP contribution in [0.1, 0.15) is 18.9 Å². The zero-order valence-electron chi connectivity index (χ0n) is 15.3.